The van der Waals surface area contributed by atoms with Gasteiger partial charge in [0.25, 0.3) is 0 Å². The minimum Gasteiger partial charge on any atom is -0.343 e. The Morgan fingerprint density at radius 2 is 1.41 bits per heavy atom. The molecule has 0 N–H and O–H groups in total. The van der Waals surface area contributed by atoms with E-state index in [1.165, 1.54) is 0 Å². The van der Waals surface area contributed by atoms with Crippen molar-refractivity contribution in [1.82, 2.24) is 24.6 Å². The number of nitrogens with zero attached hydrogens (tertiary/aromatic N) is 6. The zero-order valence-electron chi connectivity index (χ0n) is 27.2. The molecule has 3 heterocycles. The Balaban J connectivity index is 1.77. The molecule has 0 bridgehead atoms. The number of hydrogen-bond donors (Lipinski definition) is 0. The molecule has 14 heteroatoms. The maximum absolute atomic E-state index is 13.8. The van der Waals surface area contributed by atoms with Gasteiger partial charge in [-0.05, 0) is 70.2 Å². The van der Waals surface area contributed by atoms with Crippen LogP contribution in [-0.4, -0.2) is 61.9 Å². The molecular formula is C32H42F6N6O2. The number of likely N-dealkylation sites (tertiary alicyclic amines) is 1. The lowest BCUT2D eigenvalue weighted by Crippen LogP contribution is -2.60. The van der Waals surface area contributed by atoms with Crippen LogP contribution in [-0.2, 0) is 35.4 Å². The molecule has 0 radical (unpaired) electrons. The molecule has 46 heavy (non-hydrogen) atoms. The minimum absolute atomic E-state index is 0.0691. The summed E-state index contributed by atoms with van der Waals surface area (Å²) in [6.45, 7) is 9.61. The van der Waals surface area contributed by atoms with E-state index < -0.39 is 35.5 Å². The van der Waals surface area contributed by atoms with Gasteiger partial charge in [-0.15, -0.1) is 0 Å². The van der Waals surface area contributed by atoms with E-state index in [2.05, 4.69) is 20.0 Å². The highest BCUT2D eigenvalue weighted by molar-refractivity contribution is 5.60. The summed E-state index contributed by atoms with van der Waals surface area (Å²) in [6, 6.07) is 1.24. The molecule has 1 fully saturated rings. The Hall–Kier alpha value is -3.23. The van der Waals surface area contributed by atoms with Crippen molar-refractivity contribution in [2.45, 2.75) is 109 Å². The van der Waals surface area contributed by atoms with Crippen molar-refractivity contribution in [3.05, 3.63) is 59.7 Å². The number of anilines is 1. The van der Waals surface area contributed by atoms with E-state index in [4.69, 9.17) is 9.47 Å². The maximum Gasteiger partial charge on any atom is 0.416 e. The molecule has 4 rings (SSSR count). The molecule has 0 aliphatic carbocycles. The Morgan fingerprint density at radius 3 is 1.83 bits per heavy atom. The predicted molar refractivity (Wildman–Crippen MR) is 162 cm³/mol. The standard InChI is InChI=1S/C32H42F6N6O2/c1-8-25-13-27(14-26(9-2)44(25)29(45-7)46-30(3,4)5)43(28-39-15-21(16-40-28)22-17-41-42(6)19-22)18-20-10-23(31(33,34)35)12-24(11-20)32(36,37)38/h10-12,15-17,19,25-27,29H,8-9,13-14,18H2,1-7H3/t25-,26+,27?,29?. The largest absolute Gasteiger partial charge is 0.416 e. The van der Waals surface area contributed by atoms with Gasteiger partial charge in [-0.25, -0.2) is 14.9 Å². The highest BCUT2D eigenvalue weighted by atomic mass is 19.4. The number of alkyl halides is 6. The second-order valence-electron chi connectivity index (χ2n) is 12.7. The average molecular weight is 657 g/mol. The fraction of sp³-hybridized carbons (Fsp3) is 0.594. The SMILES string of the molecule is CC[C@@H]1CC(N(Cc2cc(C(F)(F)F)cc(C(F)(F)F)c2)c2ncc(-c3cnn(C)c3)cn2)C[C@H](CC)N1C(OC)OC(C)(C)C. The van der Waals surface area contributed by atoms with Gasteiger partial charge >= 0.3 is 12.4 Å². The number of methoxy groups -OCH3 is 1. The highest BCUT2D eigenvalue weighted by Crippen LogP contribution is 2.39. The predicted octanol–water partition coefficient (Wildman–Crippen LogP) is 7.69. The first-order valence-corrected chi connectivity index (χ1v) is 15.3. The molecule has 1 aliphatic rings. The lowest BCUT2D eigenvalue weighted by atomic mass is 9.87. The van der Waals surface area contributed by atoms with E-state index in [-0.39, 0.29) is 42.2 Å². The van der Waals surface area contributed by atoms with Crippen molar-refractivity contribution < 1.29 is 35.8 Å². The van der Waals surface area contributed by atoms with Crippen LogP contribution in [0.15, 0.2) is 43.0 Å². The summed E-state index contributed by atoms with van der Waals surface area (Å²) in [5.41, 5.74) is -1.92. The first kappa shape index (κ1) is 35.6. The third kappa shape index (κ3) is 8.56. The third-order valence-corrected chi connectivity index (χ3v) is 8.15. The zero-order valence-corrected chi connectivity index (χ0v) is 27.2. The maximum atomic E-state index is 13.8. The molecule has 3 aromatic rings. The van der Waals surface area contributed by atoms with E-state index in [0.29, 0.717) is 31.2 Å². The molecule has 254 valence electrons. The van der Waals surface area contributed by atoms with E-state index in [1.54, 1.807) is 48.5 Å². The topological polar surface area (TPSA) is 68.5 Å². The van der Waals surface area contributed by atoms with Crippen molar-refractivity contribution in [3.63, 3.8) is 0 Å². The van der Waals surface area contributed by atoms with Crippen LogP contribution in [0.5, 0.6) is 0 Å². The summed E-state index contributed by atoms with van der Waals surface area (Å²) in [5.74, 6) is 0.205. The summed E-state index contributed by atoms with van der Waals surface area (Å²) in [4.78, 5) is 13.1. The van der Waals surface area contributed by atoms with Gasteiger partial charge in [-0.3, -0.25) is 4.68 Å². The van der Waals surface area contributed by atoms with Crippen LogP contribution in [0.4, 0.5) is 32.3 Å². The normalized spacial score (nSPS) is 20.6. The van der Waals surface area contributed by atoms with Crippen molar-refractivity contribution in [2.75, 3.05) is 12.0 Å². The molecule has 0 spiro atoms. The van der Waals surface area contributed by atoms with Crippen LogP contribution in [0.1, 0.15) is 77.0 Å². The van der Waals surface area contributed by atoms with Gasteiger partial charge in [0.2, 0.25) is 12.4 Å². The second kappa shape index (κ2) is 13.9. The molecule has 8 nitrogen and oxygen atoms in total. The van der Waals surface area contributed by atoms with Gasteiger partial charge in [0.05, 0.1) is 22.9 Å². The number of aryl methyl sites for hydroxylation is 1. The van der Waals surface area contributed by atoms with E-state index in [0.717, 1.165) is 17.7 Å². The van der Waals surface area contributed by atoms with Crippen molar-refractivity contribution in [1.29, 1.82) is 0 Å². The van der Waals surface area contributed by atoms with Gasteiger partial charge in [-0.1, -0.05) is 13.8 Å². The van der Waals surface area contributed by atoms with E-state index in [1.807, 2.05) is 34.6 Å². The summed E-state index contributed by atoms with van der Waals surface area (Å²) < 4.78 is 96.4. The number of piperidine rings is 1. The molecule has 0 saturated carbocycles. The van der Waals surface area contributed by atoms with Gasteiger partial charge in [0.1, 0.15) is 0 Å². The Morgan fingerprint density at radius 1 is 0.870 bits per heavy atom. The van der Waals surface area contributed by atoms with Crippen LogP contribution >= 0.6 is 0 Å². The summed E-state index contributed by atoms with van der Waals surface area (Å²) in [7, 11) is 3.35. The molecule has 4 atom stereocenters. The van der Waals surface area contributed by atoms with Crippen molar-refractivity contribution >= 4 is 5.95 Å². The number of benzene rings is 1. The Kier molecular flexibility index (Phi) is 10.7. The zero-order chi connectivity index (χ0) is 34.0. The highest BCUT2D eigenvalue weighted by Gasteiger charge is 2.43. The first-order chi connectivity index (χ1) is 21.4. The number of halogens is 6. The summed E-state index contributed by atoms with van der Waals surface area (Å²) in [6.07, 6.45) is -1.49. The fourth-order valence-corrected chi connectivity index (χ4v) is 6.01. The van der Waals surface area contributed by atoms with Gasteiger partial charge < -0.3 is 14.4 Å². The number of rotatable bonds is 10. The van der Waals surface area contributed by atoms with Gasteiger partial charge in [-0.2, -0.15) is 31.4 Å². The van der Waals surface area contributed by atoms with E-state index >= 15 is 0 Å². The number of aromatic nitrogens is 4. The molecule has 2 unspecified atom stereocenters. The van der Waals surface area contributed by atoms with Crippen molar-refractivity contribution in [3.8, 4) is 11.1 Å². The van der Waals surface area contributed by atoms with Gasteiger partial charge in [0.15, 0.2) is 0 Å². The molecule has 2 aromatic heterocycles. The quantitative estimate of drug-likeness (QED) is 0.164. The average Bonchev–Trinajstić information content (AvgIpc) is 3.42. The van der Waals surface area contributed by atoms with Crippen LogP contribution in [0.25, 0.3) is 11.1 Å². The van der Waals surface area contributed by atoms with Crippen LogP contribution in [0, 0.1) is 0 Å². The summed E-state index contributed by atoms with van der Waals surface area (Å²) in [5, 5.41) is 4.16. The second-order valence-corrected chi connectivity index (χ2v) is 12.7. The molecule has 1 saturated heterocycles. The van der Waals surface area contributed by atoms with E-state index in [9.17, 15) is 26.3 Å². The fourth-order valence-electron chi connectivity index (χ4n) is 6.01. The Bertz CT molecular complexity index is 1390. The molecule has 1 aromatic carbocycles. The smallest absolute Gasteiger partial charge is 0.343 e. The molecule has 1 aliphatic heterocycles. The van der Waals surface area contributed by atoms with Crippen LogP contribution in [0.3, 0.4) is 0 Å². The van der Waals surface area contributed by atoms with Gasteiger partial charge in [0, 0.05) is 68.5 Å². The monoisotopic (exact) mass is 656 g/mol. The first-order valence-electron chi connectivity index (χ1n) is 15.3. The van der Waals surface area contributed by atoms with Crippen LogP contribution in [0.2, 0.25) is 0 Å². The number of hydrogen-bond acceptors (Lipinski definition) is 7. The van der Waals surface area contributed by atoms with Crippen molar-refractivity contribution in [2.24, 2.45) is 7.05 Å². The van der Waals surface area contributed by atoms with Crippen LogP contribution < -0.4 is 4.90 Å². The lowest BCUT2D eigenvalue weighted by Gasteiger charge is -2.50. The Labute approximate surface area is 265 Å². The molecular weight excluding hydrogens is 614 g/mol. The number of ether oxygens (including phenoxy) is 2. The minimum atomic E-state index is -4.96. The molecule has 0 amide bonds. The third-order valence-electron chi connectivity index (χ3n) is 8.15. The summed E-state index contributed by atoms with van der Waals surface area (Å²) >= 11 is 0. The lowest BCUT2D eigenvalue weighted by molar-refractivity contribution is -0.277.